The lowest BCUT2D eigenvalue weighted by Gasteiger charge is -2.19. The fourth-order valence-electron chi connectivity index (χ4n) is 3.55. The van der Waals surface area contributed by atoms with E-state index in [0.717, 1.165) is 12.1 Å². The zero-order valence-corrected chi connectivity index (χ0v) is 18.4. The summed E-state index contributed by atoms with van der Waals surface area (Å²) in [5.74, 6) is -0.742. The molecule has 0 heterocycles. The normalized spacial score (nSPS) is 12.5. The van der Waals surface area contributed by atoms with Crippen molar-refractivity contribution in [1.82, 2.24) is 0 Å². The van der Waals surface area contributed by atoms with Crippen LogP contribution in [0.3, 0.4) is 0 Å². The van der Waals surface area contributed by atoms with E-state index in [1.54, 1.807) is 24.3 Å². The minimum Gasteiger partial charge on any atom is -0.469 e. The third-order valence-electron chi connectivity index (χ3n) is 5.10. The van der Waals surface area contributed by atoms with Crippen molar-refractivity contribution in [2.45, 2.75) is 32.4 Å². The van der Waals surface area contributed by atoms with Gasteiger partial charge in [0.05, 0.1) is 18.6 Å². The van der Waals surface area contributed by atoms with Crippen LogP contribution in [0.5, 0.6) is 11.5 Å². The minimum absolute atomic E-state index is 0.177. The molecule has 0 saturated carbocycles. The van der Waals surface area contributed by atoms with E-state index < -0.39 is 29.4 Å². The molecule has 0 N–H and O–H groups in total. The highest BCUT2D eigenvalue weighted by Crippen LogP contribution is 2.36. The third-order valence-corrected chi connectivity index (χ3v) is 5.10. The van der Waals surface area contributed by atoms with Gasteiger partial charge in [0.15, 0.2) is 0 Å². The molecule has 0 spiro atoms. The van der Waals surface area contributed by atoms with E-state index in [1.165, 1.54) is 37.4 Å². The average Bonchev–Trinajstić information content (AvgIpc) is 2.76. The number of hydrogen-bond acceptors (Lipinski definition) is 3. The maximum absolute atomic E-state index is 13.6. The summed E-state index contributed by atoms with van der Waals surface area (Å²) in [6, 6.07) is 15.4. The number of esters is 1. The predicted molar refractivity (Wildman–Crippen MR) is 118 cm³/mol. The summed E-state index contributed by atoms with van der Waals surface area (Å²) in [7, 11) is 1.31. The Bertz CT molecular complexity index is 1110. The average molecular weight is 460 g/mol. The fraction of sp³-hybridized carbons (Fsp3) is 0.269. The number of ether oxygens (including phenoxy) is 2. The van der Waals surface area contributed by atoms with E-state index in [-0.39, 0.29) is 11.7 Å². The van der Waals surface area contributed by atoms with Gasteiger partial charge in [-0.15, -0.1) is 0 Å². The molecule has 0 aromatic heterocycles. The zero-order chi connectivity index (χ0) is 24.2. The number of methoxy groups -OCH3 is 1. The van der Waals surface area contributed by atoms with E-state index >= 15 is 0 Å². The summed E-state index contributed by atoms with van der Waals surface area (Å²) in [6.45, 7) is 3.94. The second-order valence-electron chi connectivity index (χ2n) is 8.13. The highest BCUT2D eigenvalue weighted by molar-refractivity contribution is 5.79. The summed E-state index contributed by atoms with van der Waals surface area (Å²) in [5, 5.41) is 0. The molecule has 3 aromatic rings. The summed E-state index contributed by atoms with van der Waals surface area (Å²) < 4.78 is 63.4. The first-order chi connectivity index (χ1) is 15.6. The van der Waals surface area contributed by atoms with Crippen LogP contribution in [-0.2, 0) is 15.7 Å². The first-order valence-electron chi connectivity index (χ1n) is 10.4. The Balaban J connectivity index is 2.09. The fourth-order valence-corrected chi connectivity index (χ4v) is 3.55. The second-order valence-corrected chi connectivity index (χ2v) is 8.13. The van der Waals surface area contributed by atoms with Crippen LogP contribution < -0.4 is 4.74 Å². The van der Waals surface area contributed by atoms with Crippen LogP contribution >= 0.6 is 0 Å². The maximum Gasteiger partial charge on any atom is 0.416 e. The van der Waals surface area contributed by atoms with Gasteiger partial charge in [-0.25, -0.2) is 4.39 Å². The monoisotopic (exact) mass is 460 g/mol. The summed E-state index contributed by atoms with van der Waals surface area (Å²) in [6.07, 6.45) is -3.94. The molecule has 3 rings (SSSR count). The van der Waals surface area contributed by atoms with E-state index in [4.69, 9.17) is 9.47 Å². The van der Waals surface area contributed by atoms with Gasteiger partial charge in [0.2, 0.25) is 0 Å². The molecule has 0 saturated heterocycles. The summed E-state index contributed by atoms with van der Waals surface area (Å²) >= 11 is 0. The van der Waals surface area contributed by atoms with Crippen LogP contribution in [0.15, 0.2) is 66.7 Å². The highest BCUT2D eigenvalue weighted by atomic mass is 19.4. The van der Waals surface area contributed by atoms with Crippen molar-refractivity contribution < 1.29 is 31.8 Å². The zero-order valence-electron chi connectivity index (χ0n) is 18.4. The smallest absolute Gasteiger partial charge is 0.416 e. The van der Waals surface area contributed by atoms with Crippen molar-refractivity contribution >= 4 is 5.97 Å². The number of benzene rings is 3. The van der Waals surface area contributed by atoms with E-state index in [0.29, 0.717) is 28.9 Å². The number of alkyl halides is 3. The van der Waals surface area contributed by atoms with Gasteiger partial charge < -0.3 is 9.47 Å². The summed E-state index contributed by atoms with van der Waals surface area (Å²) in [4.78, 5) is 12.5. The predicted octanol–water partition coefficient (Wildman–Crippen LogP) is 7.61. The molecule has 3 aromatic carbocycles. The number of carbonyl (C=O) groups is 1. The van der Waals surface area contributed by atoms with Gasteiger partial charge >= 0.3 is 12.1 Å². The van der Waals surface area contributed by atoms with Crippen molar-refractivity contribution in [3.63, 3.8) is 0 Å². The van der Waals surface area contributed by atoms with Crippen LogP contribution in [0.1, 0.15) is 37.3 Å². The Morgan fingerprint density at radius 2 is 1.61 bits per heavy atom. The van der Waals surface area contributed by atoms with E-state index in [1.807, 2.05) is 13.8 Å². The lowest BCUT2D eigenvalue weighted by molar-refractivity contribution is -0.143. The molecular formula is C26H24F4O3. The van der Waals surface area contributed by atoms with Gasteiger partial charge in [-0.1, -0.05) is 38.1 Å². The maximum atomic E-state index is 13.6. The quantitative estimate of drug-likeness (QED) is 0.269. The Kier molecular flexibility index (Phi) is 7.41. The molecule has 1 atom stereocenters. The SMILES string of the molecule is COC(=O)C(CC(C)C)c1cc(Oc2cccc(F)c2)cc(-c2ccc(C(F)(F)F)cc2)c1. The van der Waals surface area contributed by atoms with E-state index in [2.05, 4.69) is 0 Å². The number of rotatable bonds is 7. The molecule has 3 nitrogen and oxygen atoms in total. The van der Waals surface area contributed by atoms with Crippen LogP contribution in [0.2, 0.25) is 0 Å². The molecule has 0 aliphatic rings. The summed E-state index contributed by atoms with van der Waals surface area (Å²) in [5.41, 5.74) is 0.914. The van der Waals surface area contributed by atoms with E-state index in [9.17, 15) is 22.4 Å². The van der Waals surface area contributed by atoms with Gasteiger partial charge in [0.25, 0.3) is 0 Å². The second kappa shape index (κ2) is 10.1. The van der Waals surface area contributed by atoms with Crippen molar-refractivity contribution in [1.29, 1.82) is 0 Å². The Hall–Kier alpha value is -3.35. The topological polar surface area (TPSA) is 35.5 Å². The molecule has 7 heteroatoms. The Morgan fingerprint density at radius 3 is 2.18 bits per heavy atom. The molecular weight excluding hydrogens is 436 g/mol. The Morgan fingerprint density at radius 1 is 0.909 bits per heavy atom. The van der Waals surface area contributed by atoms with Gasteiger partial charge in [-0.05, 0) is 65.4 Å². The van der Waals surface area contributed by atoms with Gasteiger partial charge in [-0.2, -0.15) is 13.2 Å². The van der Waals surface area contributed by atoms with Crippen LogP contribution in [-0.4, -0.2) is 13.1 Å². The lowest BCUT2D eigenvalue weighted by Crippen LogP contribution is -2.16. The van der Waals surface area contributed by atoms with Crippen molar-refractivity contribution in [3.8, 4) is 22.6 Å². The molecule has 0 bridgehead atoms. The molecule has 0 fully saturated rings. The van der Waals surface area contributed by atoms with Crippen LogP contribution in [0.4, 0.5) is 17.6 Å². The van der Waals surface area contributed by atoms with Crippen molar-refractivity contribution in [2.24, 2.45) is 5.92 Å². The van der Waals surface area contributed by atoms with Crippen molar-refractivity contribution in [2.75, 3.05) is 7.11 Å². The standard InChI is InChI=1S/C26H24F4O3/c1-16(2)11-24(25(31)32-3)19-12-18(17-7-9-20(10-8-17)26(28,29)30)13-23(14-19)33-22-6-4-5-21(27)15-22/h4-10,12-16,24H,11H2,1-3H3. The van der Waals surface area contributed by atoms with Gasteiger partial charge in [-0.3, -0.25) is 4.79 Å². The largest absolute Gasteiger partial charge is 0.469 e. The highest BCUT2D eigenvalue weighted by Gasteiger charge is 2.30. The van der Waals surface area contributed by atoms with Crippen LogP contribution in [0, 0.1) is 11.7 Å². The first kappa shape index (κ1) is 24.3. The van der Waals surface area contributed by atoms with Crippen molar-refractivity contribution in [3.05, 3.63) is 83.7 Å². The Labute approximate surface area is 190 Å². The van der Waals surface area contributed by atoms with Gasteiger partial charge in [0, 0.05) is 6.07 Å². The molecule has 1 unspecified atom stereocenters. The number of carbonyl (C=O) groups excluding carboxylic acids is 1. The third kappa shape index (κ3) is 6.34. The molecule has 0 aliphatic heterocycles. The molecule has 0 radical (unpaired) electrons. The number of halogens is 4. The molecule has 33 heavy (non-hydrogen) atoms. The number of hydrogen-bond donors (Lipinski definition) is 0. The minimum atomic E-state index is -4.45. The molecule has 174 valence electrons. The molecule has 0 amide bonds. The first-order valence-corrected chi connectivity index (χ1v) is 10.4. The molecule has 0 aliphatic carbocycles. The van der Waals surface area contributed by atoms with Crippen LogP contribution in [0.25, 0.3) is 11.1 Å². The lowest BCUT2D eigenvalue weighted by atomic mass is 9.88. The van der Waals surface area contributed by atoms with Gasteiger partial charge in [0.1, 0.15) is 17.3 Å².